The SMILES string of the molecule is C=C(CCl)CN(C)Cc1ccoc1. The van der Waals surface area contributed by atoms with Crippen LogP contribution in [-0.2, 0) is 6.54 Å². The van der Waals surface area contributed by atoms with Crippen molar-refractivity contribution in [2.45, 2.75) is 6.54 Å². The van der Waals surface area contributed by atoms with E-state index in [1.807, 2.05) is 13.1 Å². The maximum absolute atomic E-state index is 5.63. The number of alkyl halides is 1. The molecule has 0 unspecified atom stereocenters. The van der Waals surface area contributed by atoms with Gasteiger partial charge in [0.25, 0.3) is 0 Å². The molecule has 72 valence electrons. The highest BCUT2D eigenvalue weighted by Crippen LogP contribution is 2.05. The van der Waals surface area contributed by atoms with Gasteiger partial charge in [0, 0.05) is 24.5 Å². The Labute approximate surface area is 83.8 Å². The van der Waals surface area contributed by atoms with E-state index in [-0.39, 0.29) is 0 Å². The van der Waals surface area contributed by atoms with Gasteiger partial charge in [-0.3, -0.25) is 4.90 Å². The van der Waals surface area contributed by atoms with Crippen molar-refractivity contribution in [3.63, 3.8) is 0 Å². The van der Waals surface area contributed by atoms with Crippen LogP contribution in [0.25, 0.3) is 0 Å². The van der Waals surface area contributed by atoms with Gasteiger partial charge in [0.15, 0.2) is 0 Å². The largest absolute Gasteiger partial charge is 0.472 e. The lowest BCUT2D eigenvalue weighted by molar-refractivity contribution is 0.354. The maximum Gasteiger partial charge on any atom is 0.0947 e. The molecule has 0 aliphatic heterocycles. The molecule has 0 saturated carbocycles. The number of likely N-dealkylation sites (N-methyl/N-ethyl adjacent to an activating group) is 1. The molecule has 0 spiro atoms. The molecule has 13 heavy (non-hydrogen) atoms. The first-order valence-electron chi connectivity index (χ1n) is 4.14. The predicted molar refractivity (Wildman–Crippen MR) is 54.9 cm³/mol. The second-order valence-electron chi connectivity index (χ2n) is 3.19. The maximum atomic E-state index is 5.63. The van der Waals surface area contributed by atoms with Crippen molar-refractivity contribution in [3.8, 4) is 0 Å². The van der Waals surface area contributed by atoms with E-state index in [9.17, 15) is 0 Å². The number of rotatable bonds is 5. The molecule has 0 radical (unpaired) electrons. The Balaban J connectivity index is 2.33. The van der Waals surface area contributed by atoms with Crippen LogP contribution in [-0.4, -0.2) is 24.4 Å². The highest BCUT2D eigenvalue weighted by Gasteiger charge is 2.02. The van der Waals surface area contributed by atoms with Crippen LogP contribution in [0.4, 0.5) is 0 Å². The van der Waals surface area contributed by atoms with E-state index in [2.05, 4.69) is 11.5 Å². The number of hydrogen-bond acceptors (Lipinski definition) is 2. The van der Waals surface area contributed by atoms with E-state index in [1.54, 1.807) is 12.5 Å². The summed E-state index contributed by atoms with van der Waals surface area (Å²) in [6, 6.07) is 1.96. The van der Waals surface area contributed by atoms with E-state index in [0.717, 1.165) is 18.7 Å². The quantitative estimate of drug-likeness (QED) is 0.535. The Hall–Kier alpha value is -0.730. The lowest BCUT2D eigenvalue weighted by atomic mass is 10.3. The van der Waals surface area contributed by atoms with Crippen molar-refractivity contribution >= 4 is 11.6 Å². The molecular weight excluding hydrogens is 186 g/mol. The average molecular weight is 200 g/mol. The van der Waals surface area contributed by atoms with Crippen LogP contribution >= 0.6 is 11.6 Å². The van der Waals surface area contributed by atoms with E-state index in [4.69, 9.17) is 16.0 Å². The van der Waals surface area contributed by atoms with Crippen LogP contribution in [0.3, 0.4) is 0 Å². The zero-order chi connectivity index (χ0) is 9.68. The molecule has 0 atom stereocenters. The van der Waals surface area contributed by atoms with Gasteiger partial charge in [-0.05, 0) is 18.7 Å². The molecule has 0 N–H and O–H groups in total. The van der Waals surface area contributed by atoms with Crippen molar-refractivity contribution in [1.82, 2.24) is 4.90 Å². The molecule has 0 bridgehead atoms. The van der Waals surface area contributed by atoms with Gasteiger partial charge in [-0.25, -0.2) is 0 Å². The van der Waals surface area contributed by atoms with Crippen LogP contribution in [0.1, 0.15) is 5.56 Å². The molecule has 0 aliphatic rings. The monoisotopic (exact) mass is 199 g/mol. The van der Waals surface area contributed by atoms with Gasteiger partial charge in [-0.15, -0.1) is 11.6 Å². The molecule has 3 heteroatoms. The van der Waals surface area contributed by atoms with E-state index < -0.39 is 0 Å². The first-order valence-corrected chi connectivity index (χ1v) is 4.68. The van der Waals surface area contributed by atoms with Gasteiger partial charge in [-0.1, -0.05) is 6.58 Å². The molecule has 1 aromatic rings. The van der Waals surface area contributed by atoms with E-state index in [1.165, 1.54) is 5.56 Å². The number of furan rings is 1. The molecule has 0 saturated heterocycles. The minimum atomic E-state index is 0.524. The van der Waals surface area contributed by atoms with Gasteiger partial charge < -0.3 is 4.42 Å². The third-order valence-corrected chi connectivity index (χ3v) is 2.09. The summed E-state index contributed by atoms with van der Waals surface area (Å²) in [6.45, 7) is 5.54. The van der Waals surface area contributed by atoms with Crippen molar-refractivity contribution < 1.29 is 4.42 Å². The summed E-state index contributed by atoms with van der Waals surface area (Å²) in [5.74, 6) is 0.524. The van der Waals surface area contributed by atoms with Gasteiger partial charge in [0.1, 0.15) is 0 Å². The average Bonchev–Trinajstić information content (AvgIpc) is 2.56. The molecule has 0 amide bonds. The van der Waals surface area contributed by atoms with Crippen molar-refractivity contribution in [3.05, 3.63) is 36.3 Å². The summed E-state index contributed by atoms with van der Waals surface area (Å²) >= 11 is 5.63. The van der Waals surface area contributed by atoms with Gasteiger partial charge in [0.2, 0.25) is 0 Å². The van der Waals surface area contributed by atoms with E-state index in [0.29, 0.717) is 5.88 Å². The fourth-order valence-electron chi connectivity index (χ4n) is 1.17. The number of nitrogens with zero attached hydrogens (tertiary/aromatic N) is 1. The number of hydrogen-bond donors (Lipinski definition) is 0. The van der Waals surface area contributed by atoms with Crippen molar-refractivity contribution in [2.24, 2.45) is 0 Å². The topological polar surface area (TPSA) is 16.4 Å². The summed E-state index contributed by atoms with van der Waals surface area (Å²) in [4.78, 5) is 2.15. The van der Waals surface area contributed by atoms with Crippen LogP contribution in [0, 0.1) is 0 Å². The first-order chi connectivity index (χ1) is 6.22. The third kappa shape index (κ3) is 3.66. The van der Waals surface area contributed by atoms with Gasteiger partial charge in [-0.2, -0.15) is 0 Å². The highest BCUT2D eigenvalue weighted by molar-refractivity contribution is 6.19. The standard InChI is InChI=1S/C10H14ClNO/c1-9(5-11)6-12(2)7-10-3-4-13-8-10/h3-4,8H,1,5-7H2,2H3. The molecule has 1 aromatic heterocycles. The highest BCUT2D eigenvalue weighted by atomic mass is 35.5. The van der Waals surface area contributed by atoms with Crippen LogP contribution in [0.5, 0.6) is 0 Å². The fraction of sp³-hybridized carbons (Fsp3) is 0.400. The number of halogens is 1. The normalized spacial score (nSPS) is 10.7. The molecule has 0 aliphatic carbocycles. The van der Waals surface area contributed by atoms with Crippen LogP contribution in [0.2, 0.25) is 0 Å². The van der Waals surface area contributed by atoms with Gasteiger partial charge >= 0.3 is 0 Å². The molecule has 2 nitrogen and oxygen atoms in total. The molecular formula is C10H14ClNO. The fourth-order valence-corrected chi connectivity index (χ4v) is 1.26. The Morgan fingerprint density at radius 2 is 2.46 bits per heavy atom. The first kappa shape index (κ1) is 10.4. The summed E-state index contributed by atoms with van der Waals surface area (Å²) < 4.78 is 4.97. The summed E-state index contributed by atoms with van der Waals surface area (Å²) in [5, 5.41) is 0. The molecule has 1 rings (SSSR count). The van der Waals surface area contributed by atoms with Crippen molar-refractivity contribution in [2.75, 3.05) is 19.5 Å². The molecule has 0 fully saturated rings. The van der Waals surface area contributed by atoms with Crippen LogP contribution in [0.15, 0.2) is 35.2 Å². The Bertz CT molecular complexity index is 256. The third-order valence-electron chi connectivity index (χ3n) is 1.72. The minimum absolute atomic E-state index is 0.524. The predicted octanol–water partition coefficient (Wildman–Crippen LogP) is 2.51. The Morgan fingerprint density at radius 3 is 3.00 bits per heavy atom. The molecule has 0 aromatic carbocycles. The van der Waals surface area contributed by atoms with Crippen LogP contribution < -0.4 is 0 Å². The van der Waals surface area contributed by atoms with Gasteiger partial charge in [0.05, 0.1) is 12.5 Å². The van der Waals surface area contributed by atoms with Crippen molar-refractivity contribution in [1.29, 1.82) is 0 Å². The smallest absolute Gasteiger partial charge is 0.0947 e. The zero-order valence-corrected chi connectivity index (χ0v) is 8.55. The second-order valence-corrected chi connectivity index (χ2v) is 3.45. The Kier molecular flexibility index (Phi) is 4.06. The zero-order valence-electron chi connectivity index (χ0n) is 7.79. The molecule has 1 heterocycles. The lowest BCUT2D eigenvalue weighted by Gasteiger charge is -2.15. The minimum Gasteiger partial charge on any atom is -0.472 e. The lowest BCUT2D eigenvalue weighted by Crippen LogP contribution is -2.20. The summed E-state index contributed by atoms with van der Waals surface area (Å²) in [6.07, 6.45) is 3.43. The summed E-state index contributed by atoms with van der Waals surface area (Å²) in [5.41, 5.74) is 2.21. The second kappa shape index (κ2) is 5.10. The Morgan fingerprint density at radius 1 is 1.69 bits per heavy atom. The van der Waals surface area contributed by atoms with E-state index >= 15 is 0 Å². The summed E-state index contributed by atoms with van der Waals surface area (Å²) in [7, 11) is 2.03.